The Morgan fingerprint density at radius 1 is 1.67 bits per heavy atom. The molecule has 68 valence electrons. The van der Waals surface area contributed by atoms with Crippen molar-refractivity contribution in [2.45, 2.75) is 19.9 Å². The van der Waals surface area contributed by atoms with Crippen LogP contribution in [0.4, 0.5) is 0 Å². The van der Waals surface area contributed by atoms with Gasteiger partial charge in [0.1, 0.15) is 0 Å². The van der Waals surface area contributed by atoms with Gasteiger partial charge in [0, 0.05) is 0 Å². The third-order valence-electron chi connectivity index (χ3n) is 1.40. The van der Waals surface area contributed by atoms with E-state index in [0.717, 1.165) is 0 Å². The van der Waals surface area contributed by atoms with Crippen LogP contribution in [0.5, 0.6) is 0 Å². The fourth-order valence-corrected chi connectivity index (χ4v) is 0.952. The number of carbonyl (C=O) groups is 1. The number of aliphatic carboxylic acids is 1. The molecule has 0 spiro atoms. The Labute approximate surface area is 72.5 Å². The van der Waals surface area contributed by atoms with Crippen LogP contribution in [-0.4, -0.2) is 23.7 Å². The summed E-state index contributed by atoms with van der Waals surface area (Å²) in [5, 5.41) is 11.4. The summed E-state index contributed by atoms with van der Waals surface area (Å²) in [5.74, 6) is -0.887. The van der Waals surface area contributed by atoms with E-state index in [2.05, 4.69) is 10.9 Å². The molecule has 0 aliphatic carbocycles. The molecule has 1 unspecified atom stereocenters. The molecule has 5 heteroatoms. The van der Waals surface area contributed by atoms with Crippen LogP contribution in [0.15, 0.2) is 0 Å². The second kappa shape index (κ2) is 6.01. The molecule has 0 heterocycles. The van der Waals surface area contributed by atoms with E-state index in [1.54, 1.807) is 13.8 Å². The van der Waals surface area contributed by atoms with Crippen molar-refractivity contribution in [3.63, 3.8) is 0 Å². The van der Waals surface area contributed by atoms with Crippen molar-refractivity contribution in [3.8, 4) is 5.63 Å². The summed E-state index contributed by atoms with van der Waals surface area (Å²) >= 11 is 0. The minimum atomic E-state index is -0.894. The molecule has 0 aromatic heterocycles. The molecule has 0 fully saturated rings. The Kier molecular flexibility index (Phi) is 5.73. The van der Waals surface area contributed by atoms with Gasteiger partial charge < -0.3 is 0 Å². The molecule has 1 atom stereocenters. The first-order valence-electron chi connectivity index (χ1n) is 3.61. The van der Waals surface area contributed by atoms with Crippen LogP contribution in [0, 0.1) is 11.5 Å². The molecule has 12 heavy (non-hydrogen) atoms. The summed E-state index contributed by atoms with van der Waals surface area (Å²) in [6.45, 7) is 3.83. The predicted molar refractivity (Wildman–Crippen MR) is 45.8 cm³/mol. The Morgan fingerprint density at radius 3 is 2.58 bits per heavy atom. The van der Waals surface area contributed by atoms with Gasteiger partial charge >= 0.3 is 71.6 Å². The fourth-order valence-electron chi connectivity index (χ4n) is 0.796. The van der Waals surface area contributed by atoms with E-state index in [0.29, 0.717) is 0 Å². The van der Waals surface area contributed by atoms with Crippen LogP contribution in [0.25, 0.3) is 0 Å². The molecule has 0 bridgehead atoms. The third-order valence-corrected chi connectivity index (χ3v) is 1.69. The van der Waals surface area contributed by atoms with E-state index >= 15 is 0 Å². The average Bonchev–Trinajstić information content (AvgIpc) is 1.96. The maximum atomic E-state index is 10.6. The van der Waals surface area contributed by atoms with Crippen molar-refractivity contribution in [3.05, 3.63) is 0 Å². The van der Waals surface area contributed by atoms with Crippen molar-refractivity contribution < 1.29 is 14.5 Å². The molecule has 4 nitrogen and oxygen atoms in total. The molecule has 0 aromatic rings. The predicted octanol–water partition coefficient (Wildman–Crippen LogP) is 0.936. The van der Waals surface area contributed by atoms with Crippen LogP contribution in [0.2, 0.25) is 0 Å². The maximum absolute atomic E-state index is 10.6. The van der Waals surface area contributed by atoms with Crippen molar-refractivity contribution in [1.82, 2.24) is 5.32 Å². The molecule has 0 aliphatic rings. The molecular formula is C7H12NO3P. The molecule has 0 radical (unpaired) electrons. The van der Waals surface area contributed by atoms with Crippen LogP contribution >= 0.6 is 7.92 Å². The van der Waals surface area contributed by atoms with Crippen LogP contribution in [0.3, 0.4) is 0 Å². The van der Waals surface area contributed by atoms with Crippen LogP contribution in [-0.2, 0) is 9.36 Å². The summed E-state index contributed by atoms with van der Waals surface area (Å²) in [5.41, 5.74) is 2.43. The van der Waals surface area contributed by atoms with E-state index in [4.69, 9.17) is 5.11 Å². The first kappa shape index (κ1) is 11.4. The summed E-state index contributed by atoms with van der Waals surface area (Å²) in [4.78, 5) is 10.6. The van der Waals surface area contributed by atoms with Crippen molar-refractivity contribution in [1.29, 1.82) is 0 Å². The molecule has 0 aliphatic heterocycles. The third kappa shape index (κ3) is 4.35. The first-order chi connectivity index (χ1) is 5.59. The number of hydrogen-bond donors (Lipinski definition) is 2. The van der Waals surface area contributed by atoms with Gasteiger partial charge in [-0.2, -0.15) is 0 Å². The van der Waals surface area contributed by atoms with Crippen LogP contribution in [0.1, 0.15) is 13.8 Å². The van der Waals surface area contributed by atoms with Gasteiger partial charge in [0.05, 0.1) is 0 Å². The topological polar surface area (TPSA) is 66.4 Å². The molecule has 0 aromatic carbocycles. The fraction of sp³-hybridized carbons (Fsp3) is 0.714. The number of rotatable bonds is 4. The minimum absolute atomic E-state index is 0.00705. The molecule has 2 N–H and O–H groups in total. The second-order valence-corrected chi connectivity index (χ2v) is 3.19. The Balaban J connectivity index is 4.02. The zero-order valence-corrected chi connectivity index (χ0v) is 7.97. The average molecular weight is 189 g/mol. The first-order valence-corrected chi connectivity index (χ1v) is 4.42. The van der Waals surface area contributed by atoms with Crippen LogP contribution < -0.4 is 5.32 Å². The number of carboxylic acids is 1. The van der Waals surface area contributed by atoms with E-state index in [1.807, 2.05) is 0 Å². The van der Waals surface area contributed by atoms with Gasteiger partial charge in [-0.3, -0.25) is 0 Å². The summed E-state index contributed by atoms with van der Waals surface area (Å²) < 4.78 is 9.92. The van der Waals surface area contributed by atoms with Gasteiger partial charge in [0.2, 0.25) is 0 Å². The molecule has 0 saturated carbocycles. The number of hydrogen-bond acceptors (Lipinski definition) is 3. The second-order valence-electron chi connectivity index (χ2n) is 2.69. The van der Waals surface area contributed by atoms with Crippen molar-refractivity contribution in [2.75, 3.05) is 6.54 Å². The Hall–Kier alpha value is -0.560. The van der Waals surface area contributed by atoms with Gasteiger partial charge in [-0.1, -0.05) is 0 Å². The van der Waals surface area contributed by atoms with Gasteiger partial charge in [-0.15, -0.1) is 0 Å². The standard InChI is InChI=1S/C7H12NO3P/c1-5(2)6(7(9)10)8-3-4-12-11/h5-6,8H,3H2,1-2H3,(H,9,10). The molecular weight excluding hydrogens is 177 g/mol. The molecule has 0 rings (SSSR count). The van der Waals surface area contributed by atoms with E-state index in [-0.39, 0.29) is 20.4 Å². The van der Waals surface area contributed by atoms with E-state index < -0.39 is 12.0 Å². The number of carboxylic acid groups (broad SMARTS) is 1. The summed E-state index contributed by atoms with van der Waals surface area (Å²) in [7, 11) is -0.200. The van der Waals surface area contributed by atoms with Gasteiger partial charge in [0.15, 0.2) is 0 Å². The van der Waals surface area contributed by atoms with Gasteiger partial charge in [-0.05, 0) is 0 Å². The quantitative estimate of drug-likeness (QED) is 0.646. The number of nitrogens with one attached hydrogen (secondary N) is 1. The van der Waals surface area contributed by atoms with Crippen molar-refractivity contribution in [2.24, 2.45) is 5.92 Å². The monoisotopic (exact) mass is 189 g/mol. The van der Waals surface area contributed by atoms with E-state index in [1.165, 1.54) is 0 Å². The van der Waals surface area contributed by atoms with E-state index in [9.17, 15) is 9.36 Å². The summed E-state index contributed by atoms with van der Waals surface area (Å²) in [6.07, 6.45) is 0. The summed E-state index contributed by atoms with van der Waals surface area (Å²) in [6, 6.07) is -0.598. The zero-order valence-electron chi connectivity index (χ0n) is 7.07. The zero-order chi connectivity index (χ0) is 9.56. The normalized spacial score (nSPS) is 12.2. The van der Waals surface area contributed by atoms with Gasteiger partial charge in [0.25, 0.3) is 0 Å². The molecule has 0 amide bonds. The SMILES string of the molecule is CC(C)C(NCC#P=O)C(=O)O. The Morgan fingerprint density at radius 2 is 2.25 bits per heavy atom. The molecule has 0 saturated heterocycles. The Bertz CT molecular complexity index is 244. The van der Waals surface area contributed by atoms with Gasteiger partial charge in [-0.25, -0.2) is 0 Å². The van der Waals surface area contributed by atoms with Crippen molar-refractivity contribution >= 4 is 13.9 Å².